The molecule has 0 spiro atoms. The molecule has 8 nitrogen and oxygen atoms in total. The predicted octanol–water partition coefficient (Wildman–Crippen LogP) is 2.40. The molecule has 2 aromatic carbocycles. The molecule has 2 amide bonds. The van der Waals surface area contributed by atoms with Crippen molar-refractivity contribution in [1.82, 2.24) is 5.32 Å². The van der Waals surface area contributed by atoms with E-state index in [1.807, 2.05) is 12.1 Å². The number of benzene rings is 2. The van der Waals surface area contributed by atoms with Crippen LogP contribution in [-0.2, 0) is 26.2 Å². The molecule has 0 saturated carbocycles. The summed E-state index contributed by atoms with van der Waals surface area (Å²) in [5, 5.41) is 11.5. The highest BCUT2D eigenvalue weighted by atomic mass is 32.2. The third kappa shape index (κ3) is 7.56. The number of hydrogen-bond donors (Lipinski definition) is 2. The predicted molar refractivity (Wildman–Crippen MR) is 115 cm³/mol. The molecule has 0 atom stereocenters. The molecule has 0 fully saturated rings. The quantitative estimate of drug-likeness (QED) is 0.602. The van der Waals surface area contributed by atoms with Gasteiger partial charge in [0.25, 0.3) is 0 Å². The Morgan fingerprint density at radius 1 is 1.03 bits per heavy atom. The van der Waals surface area contributed by atoms with Gasteiger partial charge in [-0.3, -0.25) is 14.3 Å². The molecule has 2 aromatic rings. The fraction of sp³-hybridized carbons (Fsp3) is 0.286. The molecule has 0 aromatic heterocycles. The second-order valence-corrected chi connectivity index (χ2v) is 8.35. The highest BCUT2D eigenvalue weighted by Crippen LogP contribution is 2.17. The number of hydrogen-bond acceptors (Lipinski definition) is 5. The second kappa shape index (κ2) is 11.0. The molecule has 0 bridgehead atoms. The number of carbonyl (C=O) groups is 2. The Hall–Kier alpha value is -3.38. The lowest BCUT2D eigenvalue weighted by Crippen LogP contribution is -2.33. The van der Waals surface area contributed by atoms with Crippen LogP contribution in [0, 0.1) is 11.3 Å². The summed E-state index contributed by atoms with van der Waals surface area (Å²) < 4.78 is 25.3. The van der Waals surface area contributed by atoms with Crippen molar-refractivity contribution in [3.8, 4) is 6.07 Å². The van der Waals surface area contributed by atoms with Gasteiger partial charge in [0.2, 0.25) is 21.8 Å². The fourth-order valence-electron chi connectivity index (χ4n) is 2.78. The van der Waals surface area contributed by atoms with Gasteiger partial charge < -0.3 is 10.2 Å². The zero-order valence-electron chi connectivity index (χ0n) is 16.7. The van der Waals surface area contributed by atoms with Crippen LogP contribution in [0.5, 0.6) is 0 Å². The van der Waals surface area contributed by atoms with E-state index in [1.54, 1.807) is 48.5 Å². The summed E-state index contributed by atoms with van der Waals surface area (Å²) in [5.41, 5.74) is 1.68. The number of nitrogens with one attached hydrogen (secondary N) is 2. The number of rotatable bonds is 10. The van der Waals surface area contributed by atoms with Crippen molar-refractivity contribution in [2.75, 3.05) is 22.4 Å². The van der Waals surface area contributed by atoms with Gasteiger partial charge in [-0.1, -0.05) is 36.4 Å². The molecule has 0 aliphatic carbocycles. The Balaban J connectivity index is 1.92. The average molecular weight is 429 g/mol. The number of para-hydroxylation sites is 2. The molecular formula is C21H24N4O4S. The van der Waals surface area contributed by atoms with E-state index < -0.39 is 10.0 Å². The number of sulfonamides is 1. The van der Waals surface area contributed by atoms with Crippen molar-refractivity contribution in [2.45, 2.75) is 25.8 Å². The second-order valence-electron chi connectivity index (χ2n) is 6.60. The van der Waals surface area contributed by atoms with Crippen LogP contribution < -0.4 is 14.9 Å². The van der Waals surface area contributed by atoms with E-state index in [4.69, 9.17) is 5.26 Å². The first-order valence-electron chi connectivity index (χ1n) is 9.35. The highest BCUT2D eigenvalue weighted by Gasteiger charge is 2.17. The van der Waals surface area contributed by atoms with Crippen LogP contribution >= 0.6 is 0 Å². The minimum absolute atomic E-state index is 0.00457. The van der Waals surface area contributed by atoms with E-state index in [0.717, 1.165) is 6.26 Å². The Morgan fingerprint density at radius 2 is 1.70 bits per heavy atom. The zero-order valence-corrected chi connectivity index (χ0v) is 17.5. The summed E-state index contributed by atoms with van der Waals surface area (Å²) >= 11 is 0. The Morgan fingerprint density at radius 3 is 2.37 bits per heavy atom. The van der Waals surface area contributed by atoms with E-state index >= 15 is 0 Å². The molecule has 0 aliphatic heterocycles. The molecule has 158 valence electrons. The van der Waals surface area contributed by atoms with Crippen molar-refractivity contribution >= 4 is 33.2 Å². The van der Waals surface area contributed by atoms with Crippen molar-refractivity contribution in [1.29, 1.82) is 5.26 Å². The van der Waals surface area contributed by atoms with Crippen molar-refractivity contribution in [2.24, 2.45) is 0 Å². The van der Waals surface area contributed by atoms with Gasteiger partial charge in [-0.25, -0.2) is 8.42 Å². The topological polar surface area (TPSA) is 119 Å². The lowest BCUT2D eigenvalue weighted by atomic mass is 10.1. The zero-order chi connectivity index (χ0) is 22.0. The number of carbonyl (C=O) groups excluding carboxylic acids is 2. The summed E-state index contributed by atoms with van der Waals surface area (Å²) in [6, 6.07) is 17.8. The summed E-state index contributed by atoms with van der Waals surface area (Å²) in [6.45, 7) is 0.383. The summed E-state index contributed by atoms with van der Waals surface area (Å²) in [4.78, 5) is 26.3. The molecule has 30 heavy (non-hydrogen) atoms. The van der Waals surface area contributed by atoms with Gasteiger partial charge in [-0.2, -0.15) is 5.26 Å². The Kier molecular flexibility index (Phi) is 8.38. The molecule has 9 heteroatoms. The van der Waals surface area contributed by atoms with Crippen LogP contribution in [0.15, 0.2) is 54.6 Å². The third-order valence-electron chi connectivity index (χ3n) is 4.17. The Bertz CT molecular complexity index is 1020. The molecule has 0 unspecified atom stereocenters. The third-order valence-corrected chi connectivity index (χ3v) is 4.76. The van der Waals surface area contributed by atoms with Crippen LogP contribution in [0.1, 0.15) is 24.8 Å². The molecular weight excluding hydrogens is 404 g/mol. The number of anilines is 2. The molecule has 2 N–H and O–H groups in total. The van der Waals surface area contributed by atoms with Crippen molar-refractivity contribution in [3.05, 3.63) is 60.2 Å². The normalized spacial score (nSPS) is 10.7. The van der Waals surface area contributed by atoms with Crippen molar-refractivity contribution < 1.29 is 18.0 Å². The first-order valence-corrected chi connectivity index (χ1v) is 11.2. The number of nitriles is 1. The average Bonchev–Trinajstić information content (AvgIpc) is 2.71. The smallest absolute Gasteiger partial charge is 0.229 e. The maximum Gasteiger partial charge on any atom is 0.229 e. The highest BCUT2D eigenvalue weighted by molar-refractivity contribution is 7.92. The Labute approximate surface area is 176 Å². The summed E-state index contributed by atoms with van der Waals surface area (Å²) in [5.74, 6) is -0.573. The van der Waals surface area contributed by atoms with Crippen LogP contribution in [0.4, 0.5) is 11.4 Å². The van der Waals surface area contributed by atoms with Gasteiger partial charge in [0.05, 0.1) is 24.4 Å². The van der Waals surface area contributed by atoms with E-state index in [2.05, 4.69) is 10.0 Å². The maximum absolute atomic E-state index is 12.6. The van der Waals surface area contributed by atoms with Crippen LogP contribution in [0.25, 0.3) is 0 Å². The van der Waals surface area contributed by atoms with Gasteiger partial charge in [0, 0.05) is 31.6 Å². The maximum atomic E-state index is 12.6. The van der Waals surface area contributed by atoms with E-state index in [-0.39, 0.29) is 44.2 Å². The molecule has 0 saturated heterocycles. The lowest BCUT2D eigenvalue weighted by Gasteiger charge is -2.21. The van der Waals surface area contributed by atoms with Gasteiger partial charge >= 0.3 is 0 Å². The summed E-state index contributed by atoms with van der Waals surface area (Å²) in [6.07, 6.45) is 1.22. The van der Waals surface area contributed by atoms with Gasteiger partial charge in [0.15, 0.2) is 0 Å². The first kappa shape index (κ1) is 22.9. The standard InChI is InChI=1S/C21H24N4O4S/c1-30(28,29)24-19-11-6-5-8-17(19)16-23-20(26)12-13-21(27)25(15-7-14-22)18-9-3-2-4-10-18/h2-6,8-11,24H,7,12-13,15-16H2,1H3,(H,23,26). The molecule has 0 aliphatic rings. The number of amides is 2. The van der Waals surface area contributed by atoms with Crippen LogP contribution in [0.2, 0.25) is 0 Å². The van der Waals surface area contributed by atoms with Crippen molar-refractivity contribution in [3.63, 3.8) is 0 Å². The van der Waals surface area contributed by atoms with E-state index in [1.165, 1.54) is 4.90 Å². The summed E-state index contributed by atoms with van der Waals surface area (Å²) in [7, 11) is -3.44. The molecule has 0 heterocycles. The van der Waals surface area contributed by atoms with Gasteiger partial charge in [0.1, 0.15) is 0 Å². The van der Waals surface area contributed by atoms with E-state index in [9.17, 15) is 18.0 Å². The van der Waals surface area contributed by atoms with Crippen LogP contribution in [-0.4, -0.2) is 33.0 Å². The SMILES string of the molecule is CS(=O)(=O)Nc1ccccc1CNC(=O)CCC(=O)N(CCC#N)c1ccccc1. The molecule has 0 radical (unpaired) electrons. The fourth-order valence-corrected chi connectivity index (χ4v) is 3.38. The van der Waals surface area contributed by atoms with Crippen LogP contribution in [0.3, 0.4) is 0 Å². The van der Waals surface area contributed by atoms with Gasteiger partial charge in [-0.05, 0) is 23.8 Å². The lowest BCUT2D eigenvalue weighted by molar-refractivity contribution is -0.125. The number of nitrogens with zero attached hydrogens (tertiary/aromatic N) is 2. The minimum Gasteiger partial charge on any atom is -0.352 e. The van der Waals surface area contributed by atoms with Gasteiger partial charge in [-0.15, -0.1) is 0 Å². The molecule has 2 rings (SSSR count). The van der Waals surface area contributed by atoms with E-state index in [0.29, 0.717) is 16.9 Å². The monoisotopic (exact) mass is 428 g/mol. The largest absolute Gasteiger partial charge is 0.352 e. The first-order chi connectivity index (χ1) is 14.3. The minimum atomic E-state index is -3.44.